The molecule has 0 heterocycles. The molecule has 0 amide bonds. The first kappa shape index (κ1) is 17.1. The Balaban J connectivity index is 2.93. The average Bonchev–Trinajstić information content (AvgIpc) is 2.39. The standard InChI is InChI=1S/C13H22N2O4S/c1-14(2)20(18,19)13-5-3-4-12(10-13)11-15(6-8-16)7-9-17/h3-5,10,16-17H,6-9,11H2,1-2H3. The molecule has 0 spiro atoms. The van der Waals surface area contributed by atoms with Crippen LogP contribution in [0.25, 0.3) is 0 Å². The van der Waals surface area contributed by atoms with Crippen molar-refractivity contribution in [3.05, 3.63) is 29.8 Å². The Hall–Kier alpha value is -0.990. The lowest BCUT2D eigenvalue weighted by Gasteiger charge is -2.20. The van der Waals surface area contributed by atoms with Crippen LogP contribution < -0.4 is 0 Å². The number of aliphatic hydroxyl groups excluding tert-OH is 2. The Morgan fingerprint density at radius 3 is 2.20 bits per heavy atom. The molecule has 2 N–H and O–H groups in total. The summed E-state index contributed by atoms with van der Waals surface area (Å²) in [5.41, 5.74) is 0.829. The molecule has 0 saturated heterocycles. The van der Waals surface area contributed by atoms with Crippen LogP contribution in [0.15, 0.2) is 29.2 Å². The van der Waals surface area contributed by atoms with Crippen molar-refractivity contribution >= 4 is 10.0 Å². The van der Waals surface area contributed by atoms with Gasteiger partial charge in [0, 0.05) is 33.7 Å². The molecule has 0 atom stereocenters. The van der Waals surface area contributed by atoms with E-state index in [2.05, 4.69) is 0 Å². The van der Waals surface area contributed by atoms with Gasteiger partial charge in [0.1, 0.15) is 0 Å². The van der Waals surface area contributed by atoms with Gasteiger partial charge in [-0.1, -0.05) is 12.1 Å². The lowest BCUT2D eigenvalue weighted by atomic mass is 10.2. The molecule has 0 bridgehead atoms. The van der Waals surface area contributed by atoms with Crippen LogP contribution in [0.1, 0.15) is 5.56 Å². The highest BCUT2D eigenvalue weighted by Gasteiger charge is 2.17. The van der Waals surface area contributed by atoms with Gasteiger partial charge in [-0.25, -0.2) is 12.7 Å². The van der Waals surface area contributed by atoms with Crippen LogP contribution in [0.3, 0.4) is 0 Å². The van der Waals surface area contributed by atoms with Gasteiger partial charge >= 0.3 is 0 Å². The summed E-state index contributed by atoms with van der Waals surface area (Å²) in [5.74, 6) is 0. The maximum Gasteiger partial charge on any atom is 0.242 e. The van der Waals surface area contributed by atoms with Crippen LogP contribution in [0, 0.1) is 0 Å². The molecule has 1 aromatic rings. The Morgan fingerprint density at radius 1 is 1.10 bits per heavy atom. The number of benzene rings is 1. The van der Waals surface area contributed by atoms with E-state index in [9.17, 15) is 8.42 Å². The lowest BCUT2D eigenvalue weighted by molar-refractivity contribution is 0.156. The van der Waals surface area contributed by atoms with Crippen molar-refractivity contribution in [3.8, 4) is 0 Å². The molecule has 0 aliphatic rings. The van der Waals surface area contributed by atoms with Crippen molar-refractivity contribution in [1.82, 2.24) is 9.21 Å². The van der Waals surface area contributed by atoms with Crippen LogP contribution in [-0.4, -0.2) is 68.2 Å². The van der Waals surface area contributed by atoms with Gasteiger partial charge in [-0.05, 0) is 17.7 Å². The summed E-state index contributed by atoms with van der Waals surface area (Å²) < 4.78 is 25.3. The zero-order valence-electron chi connectivity index (χ0n) is 11.9. The largest absolute Gasteiger partial charge is 0.395 e. The minimum absolute atomic E-state index is 0.00428. The van der Waals surface area contributed by atoms with Gasteiger partial charge < -0.3 is 10.2 Å². The summed E-state index contributed by atoms with van der Waals surface area (Å²) in [6, 6.07) is 6.70. The Bertz CT molecular complexity index is 511. The number of sulfonamides is 1. The van der Waals surface area contributed by atoms with Gasteiger partial charge in [-0.2, -0.15) is 0 Å². The van der Waals surface area contributed by atoms with E-state index in [0.29, 0.717) is 19.6 Å². The van der Waals surface area contributed by atoms with Gasteiger partial charge in [-0.15, -0.1) is 0 Å². The maximum atomic E-state index is 12.1. The van der Waals surface area contributed by atoms with E-state index in [4.69, 9.17) is 10.2 Å². The van der Waals surface area contributed by atoms with Crippen LogP contribution >= 0.6 is 0 Å². The molecule has 0 radical (unpaired) electrons. The van der Waals surface area contributed by atoms with Gasteiger partial charge in [0.2, 0.25) is 10.0 Å². The van der Waals surface area contributed by atoms with Crippen LogP contribution in [0.4, 0.5) is 0 Å². The molecule has 114 valence electrons. The fourth-order valence-corrected chi connectivity index (χ4v) is 2.80. The van der Waals surface area contributed by atoms with Crippen molar-refractivity contribution in [3.63, 3.8) is 0 Å². The van der Waals surface area contributed by atoms with E-state index in [1.807, 2.05) is 11.0 Å². The SMILES string of the molecule is CN(C)S(=O)(=O)c1cccc(CN(CCO)CCO)c1. The topological polar surface area (TPSA) is 81.1 Å². The van der Waals surface area contributed by atoms with Gasteiger partial charge in [0.15, 0.2) is 0 Å². The minimum atomic E-state index is -3.44. The molecule has 7 heteroatoms. The summed E-state index contributed by atoms with van der Waals surface area (Å²) >= 11 is 0. The molecular formula is C13H22N2O4S. The third kappa shape index (κ3) is 4.53. The fourth-order valence-electron chi connectivity index (χ4n) is 1.83. The summed E-state index contributed by atoms with van der Waals surface area (Å²) in [5, 5.41) is 17.9. The molecular weight excluding hydrogens is 280 g/mol. The smallest absolute Gasteiger partial charge is 0.242 e. The van der Waals surface area contributed by atoms with Crippen molar-refractivity contribution in [2.24, 2.45) is 0 Å². The maximum absolute atomic E-state index is 12.1. The molecule has 1 rings (SSSR count). The average molecular weight is 302 g/mol. The molecule has 20 heavy (non-hydrogen) atoms. The Kier molecular flexibility index (Phi) is 6.57. The van der Waals surface area contributed by atoms with Crippen molar-refractivity contribution < 1.29 is 18.6 Å². The second-order valence-electron chi connectivity index (χ2n) is 4.66. The third-order valence-electron chi connectivity index (χ3n) is 2.92. The highest BCUT2D eigenvalue weighted by atomic mass is 32.2. The highest BCUT2D eigenvalue weighted by Crippen LogP contribution is 2.16. The molecule has 1 aromatic carbocycles. The number of hydrogen-bond donors (Lipinski definition) is 2. The van der Waals surface area contributed by atoms with Crippen molar-refractivity contribution in [2.75, 3.05) is 40.4 Å². The zero-order valence-corrected chi connectivity index (χ0v) is 12.7. The number of nitrogens with zero attached hydrogens (tertiary/aromatic N) is 2. The zero-order chi connectivity index (χ0) is 15.2. The molecule has 0 fully saturated rings. The van der Waals surface area contributed by atoms with E-state index < -0.39 is 10.0 Å². The first-order valence-electron chi connectivity index (χ1n) is 6.37. The van der Waals surface area contributed by atoms with Crippen LogP contribution in [0.2, 0.25) is 0 Å². The first-order valence-corrected chi connectivity index (χ1v) is 7.81. The monoisotopic (exact) mass is 302 g/mol. The van der Waals surface area contributed by atoms with Gasteiger partial charge in [0.25, 0.3) is 0 Å². The molecule has 0 saturated carbocycles. The van der Waals surface area contributed by atoms with Crippen LogP contribution in [0.5, 0.6) is 0 Å². The van der Waals surface area contributed by atoms with E-state index in [1.54, 1.807) is 18.2 Å². The van der Waals surface area contributed by atoms with E-state index >= 15 is 0 Å². The summed E-state index contributed by atoms with van der Waals surface area (Å²) in [6.07, 6.45) is 0. The molecule has 0 aliphatic heterocycles. The molecule has 0 aliphatic carbocycles. The molecule has 0 aromatic heterocycles. The number of hydrogen-bond acceptors (Lipinski definition) is 5. The van der Waals surface area contributed by atoms with Crippen molar-refractivity contribution in [1.29, 1.82) is 0 Å². The predicted molar refractivity (Wildman–Crippen MR) is 76.8 cm³/mol. The third-order valence-corrected chi connectivity index (χ3v) is 4.73. The second-order valence-corrected chi connectivity index (χ2v) is 6.81. The highest BCUT2D eigenvalue weighted by molar-refractivity contribution is 7.89. The number of aliphatic hydroxyl groups is 2. The van der Waals surface area contributed by atoms with Crippen LogP contribution in [-0.2, 0) is 16.6 Å². The summed E-state index contributed by atoms with van der Waals surface area (Å²) in [7, 11) is -0.460. The van der Waals surface area contributed by atoms with E-state index in [0.717, 1.165) is 5.56 Å². The quantitative estimate of drug-likeness (QED) is 0.690. The first-order chi connectivity index (χ1) is 9.41. The molecule has 6 nitrogen and oxygen atoms in total. The van der Waals surface area contributed by atoms with Gasteiger partial charge in [0.05, 0.1) is 18.1 Å². The molecule has 0 unspecified atom stereocenters. The van der Waals surface area contributed by atoms with Gasteiger partial charge in [-0.3, -0.25) is 4.90 Å². The second kappa shape index (κ2) is 7.70. The normalized spacial score (nSPS) is 12.3. The lowest BCUT2D eigenvalue weighted by Crippen LogP contribution is -2.29. The van der Waals surface area contributed by atoms with E-state index in [1.165, 1.54) is 18.4 Å². The minimum Gasteiger partial charge on any atom is -0.395 e. The summed E-state index contributed by atoms with van der Waals surface area (Å²) in [6.45, 7) is 1.35. The Morgan fingerprint density at radius 2 is 1.70 bits per heavy atom. The predicted octanol–water partition coefficient (Wildman–Crippen LogP) is -0.276. The Labute approximate surface area is 120 Å². The summed E-state index contributed by atoms with van der Waals surface area (Å²) in [4.78, 5) is 2.11. The van der Waals surface area contributed by atoms with Crippen molar-refractivity contribution in [2.45, 2.75) is 11.4 Å². The fraction of sp³-hybridized carbons (Fsp3) is 0.538. The van der Waals surface area contributed by atoms with E-state index in [-0.39, 0.29) is 18.1 Å². The number of rotatable bonds is 8.